The molecule has 0 saturated heterocycles. The summed E-state index contributed by atoms with van der Waals surface area (Å²) in [4.78, 5) is 26.6. The zero-order valence-corrected chi connectivity index (χ0v) is 11.1. The second-order valence-corrected chi connectivity index (χ2v) is 6.25. The SMILES string of the molecule is O=CC1CSc2[nH]c(=O)sc2C1c1ccccc1. The summed E-state index contributed by atoms with van der Waals surface area (Å²) in [5, 5.41) is 0.928. The fourth-order valence-electron chi connectivity index (χ4n) is 2.28. The summed E-state index contributed by atoms with van der Waals surface area (Å²) in [6.45, 7) is 0. The van der Waals surface area contributed by atoms with Gasteiger partial charge in [-0.1, -0.05) is 41.7 Å². The first kappa shape index (κ1) is 11.7. The highest BCUT2D eigenvalue weighted by atomic mass is 32.2. The van der Waals surface area contributed by atoms with E-state index in [1.54, 1.807) is 11.8 Å². The van der Waals surface area contributed by atoms with Crippen LogP contribution in [0.1, 0.15) is 16.4 Å². The molecule has 1 aromatic carbocycles. The Kier molecular flexibility index (Phi) is 3.09. The lowest BCUT2D eigenvalue weighted by molar-refractivity contribution is -0.110. The molecule has 3 rings (SSSR count). The van der Waals surface area contributed by atoms with Crippen LogP contribution in [-0.2, 0) is 4.79 Å². The highest BCUT2D eigenvalue weighted by Crippen LogP contribution is 2.44. The lowest BCUT2D eigenvalue weighted by Crippen LogP contribution is -2.21. The molecule has 1 aliphatic rings. The molecule has 1 aromatic heterocycles. The number of carbonyl (C=O) groups is 1. The quantitative estimate of drug-likeness (QED) is 0.858. The van der Waals surface area contributed by atoms with Crippen molar-refractivity contribution < 1.29 is 4.79 Å². The Labute approximate surface area is 112 Å². The maximum Gasteiger partial charge on any atom is 0.305 e. The van der Waals surface area contributed by atoms with E-state index in [0.717, 1.165) is 27.5 Å². The van der Waals surface area contributed by atoms with E-state index in [1.165, 1.54) is 11.3 Å². The van der Waals surface area contributed by atoms with E-state index >= 15 is 0 Å². The van der Waals surface area contributed by atoms with Crippen molar-refractivity contribution in [3.05, 3.63) is 50.4 Å². The van der Waals surface area contributed by atoms with E-state index < -0.39 is 0 Å². The fraction of sp³-hybridized carbons (Fsp3) is 0.231. The summed E-state index contributed by atoms with van der Waals surface area (Å²) in [5.41, 5.74) is 1.10. The number of nitrogens with one attached hydrogen (secondary N) is 1. The normalized spacial score (nSPS) is 22.4. The molecule has 18 heavy (non-hydrogen) atoms. The van der Waals surface area contributed by atoms with Gasteiger partial charge in [0.2, 0.25) is 0 Å². The highest BCUT2D eigenvalue weighted by molar-refractivity contribution is 7.99. The number of rotatable bonds is 2. The topological polar surface area (TPSA) is 49.9 Å². The Morgan fingerprint density at radius 3 is 2.78 bits per heavy atom. The molecule has 3 nitrogen and oxygen atoms in total. The van der Waals surface area contributed by atoms with Gasteiger partial charge < -0.3 is 9.78 Å². The van der Waals surface area contributed by atoms with Gasteiger partial charge in [-0.2, -0.15) is 0 Å². The molecule has 2 heterocycles. The second-order valence-electron chi connectivity index (χ2n) is 4.21. The Bertz CT molecular complexity index is 617. The van der Waals surface area contributed by atoms with Crippen LogP contribution in [0.5, 0.6) is 0 Å². The molecule has 0 amide bonds. The van der Waals surface area contributed by atoms with E-state index in [0.29, 0.717) is 0 Å². The molecule has 2 atom stereocenters. The smallest absolute Gasteiger partial charge is 0.305 e. The molecule has 2 unspecified atom stereocenters. The second kappa shape index (κ2) is 4.74. The number of aromatic amines is 1. The number of thiazole rings is 1. The van der Waals surface area contributed by atoms with Crippen molar-refractivity contribution in [3.8, 4) is 0 Å². The van der Waals surface area contributed by atoms with Crippen molar-refractivity contribution in [2.75, 3.05) is 5.75 Å². The molecule has 1 N–H and O–H groups in total. The summed E-state index contributed by atoms with van der Waals surface area (Å²) >= 11 is 2.79. The number of aromatic nitrogens is 1. The zero-order valence-electron chi connectivity index (χ0n) is 9.46. The van der Waals surface area contributed by atoms with Gasteiger partial charge >= 0.3 is 4.87 Å². The van der Waals surface area contributed by atoms with Crippen molar-refractivity contribution in [2.24, 2.45) is 5.92 Å². The molecule has 0 saturated carbocycles. The van der Waals surface area contributed by atoms with Crippen LogP contribution in [0.25, 0.3) is 0 Å². The third kappa shape index (κ3) is 1.93. The van der Waals surface area contributed by atoms with Crippen LogP contribution in [0.2, 0.25) is 0 Å². The minimum Gasteiger partial charge on any atom is -0.307 e. The highest BCUT2D eigenvalue weighted by Gasteiger charge is 2.33. The lowest BCUT2D eigenvalue weighted by Gasteiger charge is -2.27. The summed E-state index contributed by atoms with van der Waals surface area (Å²) in [5.74, 6) is 0.683. The Morgan fingerprint density at radius 1 is 1.28 bits per heavy atom. The molecule has 0 aliphatic carbocycles. The van der Waals surface area contributed by atoms with Gasteiger partial charge in [0.15, 0.2) is 0 Å². The third-order valence-corrected chi connectivity index (χ3v) is 5.36. The minimum absolute atomic E-state index is 0.0175. The van der Waals surface area contributed by atoms with E-state index in [4.69, 9.17) is 0 Å². The Morgan fingerprint density at radius 2 is 2.06 bits per heavy atom. The van der Waals surface area contributed by atoms with Crippen LogP contribution in [0.15, 0.2) is 40.2 Å². The average molecular weight is 277 g/mol. The van der Waals surface area contributed by atoms with Crippen LogP contribution in [0, 0.1) is 5.92 Å². The van der Waals surface area contributed by atoms with Crippen molar-refractivity contribution in [1.29, 1.82) is 0 Å². The van der Waals surface area contributed by atoms with Crippen molar-refractivity contribution in [1.82, 2.24) is 4.98 Å². The van der Waals surface area contributed by atoms with Gasteiger partial charge in [0, 0.05) is 22.5 Å². The number of hydrogen-bond acceptors (Lipinski definition) is 4. The largest absolute Gasteiger partial charge is 0.307 e. The van der Waals surface area contributed by atoms with E-state index in [9.17, 15) is 9.59 Å². The lowest BCUT2D eigenvalue weighted by atomic mass is 9.87. The number of H-pyrrole nitrogens is 1. The Balaban J connectivity index is 2.14. The molecule has 2 aromatic rings. The fourth-order valence-corrected chi connectivity index (χ4v) is 4.65. The van der Waals surface area contributed by atoms with Gasteiger partial charge in [0.05, 0.1) is 5.03 Å². The van der Waals surface area contributed by atoms with Gasteiger partial charge in [-0.15, -0.1) is 11.8 Å². The molecular formula is C13H11NO2S2. The molecule has 5 heteroatoms. The monoisotopic (exact) mass is 277 g/mol. The van der Waals surface area contributed by atoms with E-state index in [-0.39, 0.29) is 16.7 Å². The molecule has 0 spiro atoms. The maximum absolute atomic E-state index is 11.5. The summed E-state index contributed by atoms with van der Waals surface area (Å²) in [6.07, 6.45) is 1.01. The minimum atomic E-state index is -0.0589. The number of fused-ring (bicyclic) bond motifs is 1. The molecule has 92 valence electrons. The van der Waals surface area contributed by atoms with Gasteiger partial charge in [-0.25, -0.2) is 0 Å². The molecule has 0 radical (unpaired) electrons. The standard InChI is InChI=1S/C13H11NO2S2/c15-6-9-7-17-12-11(18-13(16)14-12)10(9)8-4-2-1-3-5-8/h1-6,9-10H,7H2,(H,14,16). The van der Waals surface area contributed by atoms with E-state index in [2.05, 4.69) is 4.98 Å². The number of hydrogen-bond donors (Lipinski definition) is 1. The van der Waals surface area contributed by atoms with Crippen molar-refractivity contribution in [2.45, 2.75) is 10.9 Å². The van der Waals surface area contributed by atoms with Crippen LogP contribution >= 0.6 is 23.1 Å². The van der Waals surface area contributed by atoms with Gasteiger partial charge in [0.25, 0.3) is 0 Å². The molecule has 0 fully saturated rings. The number of thioether (sulfide) groups is 1. The number of aldehydes is 1. The van der Waals surface area contributed by atoms with Crippen molar-refractivity contribution >= 4 is 29.4 Å². The molecular weight excluding hydrogens is 266 g/mol. The summed E-state index contributed by atoms with van der Waals surface area (Å²) in [7, 11) is 0. The van der Waals surface area contributed by atoms with Crippen LogP contribution in [-0.4, -0.2) is 17.0 Å². The van der Waals surface area contributed by atoms with Crippen LogP contribution < -0.4 is 4.87 Å². The first-order valence-corrected chi connectivity index (χ1v) is 7.46. The summed E-state index contributed by atoms with van der Waals surface area (Å²) < 4.78 is 0. The Hall–Kier alpha value is -1.33. The first-order valence-electron chi connectivity index (χ1n) is 5.65. The molecule has 1 aliphatic heterocycles. The predicted molar refractivity (Wildman–Crippen MR) is 73.5 cm³/mol. The van der Waals surface area contributed by atoms with Crippen LogP contribution in [0.3, 0.4) is 0 Å². The van der Waals surface area contributed by atoms with Gasteiger partial charge in [-0.05, 0) is 5.56 Å². The van der Waals surface area contributed by atoms with Crippen LogP contribution in [0.4, 0.5) is 0 Å². The van der Waals surface area contributed by atoms with Crippen molar-refractivity contribution in [3.63, 3.8) is 0 Å². The predicted octanol–water partition coefficient (Wildman–Crippen LogP) is 2.49. The maximum atomic E-state index is 11.5. The number of carbonyl (C=O) groups excluding carboxylic acids is 1. The summed E-state index contributed by atoms with van der Waals surface area (Å²) in [6, 6.07) is 9.93. The van der Waals surface area contributed by atoms with Gasteiger partial charge in [0.1, 0.15) is 6.29 Å². The average Bonchev–Trinajstić information content (AvgIpc) is 2.78. The molecule has 0 bridgehead atoms. The number of benzene rings is 1. The van der Waals surface area contributed by atoms with Gasteiger partial charge in [-0.3, -0.25) is 4.79 Å². The van der Waals surface area contributed by atoms with E-state index in [1.807, 2.05) is 30.3 Å². The first-order chi connectivity index (χ1) is 8.79. The zero-order chi connectivity index (χ0) is 12.5. The third-order valence-electron chi connectivity index (χ3n) is 3.11.